The van der Waals surface area contributed by atoms with Gasteiger partial charge < -0.3 is 10.6 Å². The molecule has 0 spiro atoms. The maximum absolute atomic E-state index is 12.4. The lowest BCUT2D eigenvalue weighted by Crippen LogP contribution is -2.53. The highest BCUT2D eigenvalue weighted by atomic mass is 16.5. The largest absolute Gasteiger partial charge is 0.374 e. The van der Waals surface area contributed by atoms with Crippen molar-refractivity contribution in [1.82, 2.24) is 10.8 Å². The van der Waals surface area contributed by atoms with Gasteiger partial charge >= 0.3 is 0 Å². The second-order valence-corrected chi connectivity index (χ2v) is 7.35. The Hall–Kier alpha value is -3.30. The Kier molecular flexibility index (Phi) is 7.19. The maximum Gasteiger partial charge on any atom is 0.266 e. The number of hydroxylamine groups is 1. The van der Waals surface area contributed by atoms with Gasteiger partial charge in [0.1, 0.15) is 6.04 Å². The summed E-state index contributed by atoms with van der Waals surface area (Å²) in [6.07, 6.45) is 0. The lowest BCUT2D eigenvalue weighted by atomic mass is 9.86. The van der Waals surface area contributed by atoms with Crippen LogP contribution in [0.4, 0.5) is 5.69 Å². The van der Waals surface area contributed by atoms with E-state index in [0.29, 0.717) is 12.1 Å². The van der Waals surface area contributed by atoms with Crippen molar-refractivity contribution in [2.24, 2.45) is 5.41 Å². The van der Waals surface area contributed by atoms with Crippen molar-refractivity contribution in [3.05, 3.63) is 65.7 Å². The molecule has 1 unspecified atom stereocenters. The first-order chi connectivity index (χ1) is 13.3. The molecule has 0 saturated carbocycles. The van der Waals surface area contributed by atoms with Crippen LogP contribution in [0.15, 0.2) is 54.6 Å². The van der Waals surface area contributed by atoms with E-state index in [2.05, 4.69) is 22.5 Å². The van der Waals surface area contributed by atoms with E-state index in [0.717, 1.165) is 11.3 Å². The van der Waals surface area contributed by atoms with E-state index in [-0.39, 0.29) is 5.91 Å². The number of carbonyl (C=O) groups is 2. The van der Waals surface area contributed by atoms with Gasteiger partial charge in [-0.25, -0.2) is 5.48 Å². The molecule has 0 bridgehead atoms. The first-order valence-corrected chi connectivity index (χ1v) is 8.94. The molecule has 0 fully saturated rings. The molecule has 2 aromatic rings. The first kappa shape index (κ1) is 21.0. The van der Waals surface area contributed by atoms with Crippen molar-refractivity contribution in [2.45, 2.75) is 26.8 Å². The van der Waals surface area contributed by atoms with E-state index in [1.165, 1.54) is 0 Å². The minimum atomic E-state index is -0.865. The van der Waals surface area contributed by atoms with Gasteiger partial charge in [-0.1, -0.05) is 50.8 Å². The highest BCUT2D eigenvalue weighted by Crippen LogP contribution is 2.20. The Morgan fingerprint density at radius 1 is 1.04 bits per heavy atom. The fourth-order valence-corrected chi connectivity index (χ4v) is 2.51. The summed E-state index contributed by atoms with van der Waals surface area (Å²) < 4.78 is 0. The van der Waals surface area contributed by atoms with E-state index in [1.807, 2.05) is 30.3 Å². The molecule has 4 N–H and O–H groups in total. The normalized spacial score (nSPS) is 11.6. The van der Waals surface area contributed by atoms with E-state index in [4.69, 9.17) is 5.21 Å². The Morgan fingerprint density at radius 3 is 2.25 bits per heavy atom. The summed E-state index contributed by atoms with van der Waals surface area (Å²) in [7, 11) is 0. The predicted molar refractivity (Wildman–Crippen MR) is 109 cm³/mol. The number of rotatable bonds is 5. The van der Waals surface area contributed by atoms with Gasteiger partial charge in [0.05, 0.1) is 6.54 Å². The Balaban J connectivity index is 1.95. The summed E-state index contributed by atoms with van der Waals surface area (Å²) in [6, 6.07) is 15.7. The zero-order valence-corrected chi connectivity index (χ0v) is 16.2. The Bertz CT molecular complexity index is 860. The van der Waals surface area contributed by atoms with Crippen LogP contribution in [0.2, 0.25) is 0 Å². The summed E-state index contributed by atoms with van der Waals surface area (Å²) in [4.78, 5) is 24.3. The molecule has 2 rings (SSSR count). The molecule has 6 nitrogen and oxygen atoms in total. The molecule has 2 aromatic carbocycles. The SMILES string of the molecule is CC(C)(C)C(NC(=O)c1ccc(NCC#Cc2ccccc2)cc1)C(=O)NO. The van der Waals surface area contributed by atoms with Crippen molar-refractivity contribution in [2.75, 3.05) is 11.9 Å². The second-order valence-electron chi connectivity index (χ2n) is 7.35. The average molecular weight is 379 g/mol. The van der Waals surface area contributed by atoms with Gasteiger partial charge in [0, 0.05) is 16.8 Å². The summed E-state index contributed by atoms with van der Waals surface area (Å²) >= 11 is 0. The predicted octanol–water partition coefficient (Wildman–Crippen LogP) is 2.80. The zero-order valence-electron chi connectivity index (χ0n) is 16.2. The monoisotopic (exact) mass is 379 g/mol. The topological polar surface area (TPSA) is 90.5 Å². The first-order valence-electron chi connectivity index (χ1n) is 8.94. The van der Waals surface area contributed by atoms with Crippen LogP contribution in [0.25, 0.3) is 0 Å². The fraction of sp³-hybridized carbons (Fsp3) is 0.273. The molecule has 0 aromatic heterocycles. The minimum absolute atomic E-state index is 0.390. The number of carbonyl (C=O) groups excluding carboxylic acids is 2. The molecular formula is C22H25N3O3. The van der Waals surface area contributed by atoms with Crippen molar-refractivity contribution in [3.8, 4) is 11.8 Å². The Morgan fingerprint density at radius 2 is 1.68 bits per heavy atom. The van der Waals surface area contributed by atoms with Crippen LogP contribution < -0.4 is 16.1 Å². The number of hydrogen-bond acceptors (Lipinski definition) is 4. The van der Waals surface area contributed by atoms with Gasteiger partial charge in [-0.05, 0) is 41.8 Å². The van der Waals surface area contributed by atoms with Crippen LogP contribution in [0.1, 0.15) is 36.7 Å². The average Bonchev–Trinajstić information content (AvgIpc) is 2.69. The molecule has 0 saturated heterocycles. The fourth-order valence-electron chi connectivity index (χ4n) is 2.51. The molecular weight excluding hydrogens is 354 g/mol. The smallest absolute Gasteiger partial charge is 0.266 e. The van der Waals surface area contributed by atoms with Gasteiger partial charge in [0.25, 0.3) is 11.8 Å². The number of benzene rings is 2. The van der Waals surface area contributed by atoms with Gasteiger partial charge in [0.2, 0.25) is 0 Å². The molecule has 6 heteroatoms. The number of nitrogens with one attached hydrogen (secondary N) is 3. The van der Waals surface area contributed by atoms with E-state index < -0.39 is 17.4 Å². The highest BCUT2D eigenvalue weighted by molar-refractivity contribution is 5.97. The molecule has 2 amide bonds. The third-order valence-electron chi connectivity index (χ3n) is 4.05. The van der Waals surface area contributed by atoms with Crippen LogP contribution in [0.5, 0.6) is 0 Å². The quantitative estimate of drug-likeness (QED) is 0.365. The molecule has 0 aliphatic heterocycles. The summed E-state index contributed by atoms with van der Waals surface area (Å²) in [6.45, 7) is 5.88. The van der Waals surface area contributed by atoms with Gasteiger partial charge in [-0.2, -0.15) is 0 Å². The highest BCUT2D eigenvalue weighted by Gasteiger charge is 2.32. The van der Waals surface area contributed by atoms with Gasteiger partial charge in [-0.15, -0.1) is 0 Å². The summed E-state index contributed by atoms with van der Waals surface area (Å²) in [5.41, 5.74) is 3.25. The molecule has 0 aliphatic carbocycles. The molecule has 0 radical (unpaired) electrons. The standard InChI is InChI=1S/C22H25N3O3/c1-22(2,3)19(21(27)25-28)24-20(26)17-11-13-18(14-12-17)23-15-7-10-16-8-5-4-6-9-16/h4-6,8-9,11-14,19,23,28H,15H2,1-3H3,(H,24,26)(H,25,27). The summed E-state index contributed by atoms with van der Waals surface area (Å²) in [5.74, 6) is 5.06. The van der Waals surface area contributed by atoms with Gasteiger partial charge in [0.15, 0.2) is 0 Å². The Labute approximate surface area is 165 Å². The van der Waals surface area contributed by atoms with Crippen molar-refractivity contribution in [1.29, 1.82) is 0 Å². The lowest BCUT2D eigenvalue weighted by molar-refractivity contribution is -0.133. The summed E-state index contributed by atoms with van der Waals surface area (Å²) in [5, 5.41) is 14.7. The molecule has 146 valence electrons. The lowest BCUT2D eigenvalue weighted by Gasteiger charge is -2.29. The maximum atomic E-state index is 12.4. The molecule has 0 heterocycles. The zero-order chi connectivity index (χ0) is 20.6. The van der Waals surface area contributed by atoms with Crippen molar-refractivity contribution in [3.63, 3.8) is 0 Å². The van der Waals surface area contributed by atoms with Crippen LogP contribution in [0, 0.1) is 17.3 Å². The minimum Gasteiger partial charge on any atom is -0.374 e. The molecule has 0 aliphatic rings. The number of anilines is 1. The number of amides is 2. The van der Waals surface area contributed by atoms with Crippen LogP contribution in [-0.4, -0.2) is 29.6 Å². The van der Waals surface area contributed by atoms with E-state index >= 15 is 0 Å². The van der Waals surface area contributed by atoms with E-state index in [1.54, 1.807) is 50.5 Å². The van der Waals surface area contributed by atoms with Crippen LogP contribution in [-0.2, 0) is 4.79 Å². The van der Waals surface area contributed by atoms with Crippen molar-refractivity contribution >= 4 is 17.5 Å². The van der Waals surface area contributed by atoms with Crippen LogP contribution >= 0.6 is 0 Å². The van der Waals surface area contributed by atoms with Crippen molar-refractivity contribution < 1.29 is 14.8 Å². The van der Waals surface area contributed by atoms with Crippen LogP contribution in [0.3, 0.4) is 0 Å². The third-order valence-corrected chi connectivity index (χ3v) is 4.05. The second kappa shape index (κ2) is 9.58. The molecule has 28 heavy (non-hydrogen) atoms. The number of hydrogen-bond donors (Lipinski definition) is 4. The van der Waals surface area contributed by atoms with E-state index in [9.17, 15) is 9.59 Å². The molecule has 1 atom stereocenters. The van der Waals surface area contributed by atoms with Gasteiger partial charge in [-0.3, -0.25) is 14.8 Å². The third kappa shape index (κ3) is 6.15.